The molecule has 0 radical (unpaired) electrons. The number of carbonyl (C=O) groups excluding carboxylic acids is 1. The monoisotopic (exact) mass is 264 g/mol. The van der Waals surface area contributed by atoms with E-state index >= 15 is 0 Å². The van der Waals surface area contributed by atoms with Crippen molar-refractivity contribution in [3.05, 3.63) is 57.8 Å². The molecule has 0 fully saturated rings. The van der Waals surface area contributed by atoms with Gasteiger partial charge in [0.15, 0.2) is 5.78 Å². The highest BCUT2D eigenvalue weighted by molar-refractivity contribution is 7.14. The van der Waals surface area contributed by atoms with Gasteiger partial charge in [0.2, 0.25) is 0 Å². The third-order valence-corrected chi connectivity index (χ3v) is 4.27. The predicted molar refractivity (Wildman–Crippen MR) is 73.1 cm³/mol. The van der Waals surface area contributed by atoms with E-state index in [-0.39, 0.29) is 5.78 Å². The van der Waals surface area contributed by atoms with E-state index in [4.69, 9.17) is 11.6 Å². The van der Waals surface area contributed by atoms with E-state index < -0.39 is 5.38 Å². The van der Waals surface area contributed by atoms with Gasteiger partial charge in [0.05, 0.1) is 4.88 Å². The molecule has 0 N–H and O–H groups in total. The van der Waals surface area contributed by atoms with Crippen LogP contribution in [0, 0.1) is 0 Å². The first-order valence-corrected chi connectivity index (χ1v) is 6.79. The summed E-state index contributed by atoms with van der Waals surface area (Å²) in [7, 11) is 0. The summed E-state index contributed by atoms with van der Waals surface area (Å²) in [6.45, 7) is 2.08. The molecule has 1 atom stereocenters. The second-order valence-corrected chi connectivity index (χ2v) is 5.36. The molecule has 0 saturated carbocycles. The van der Waals surface area contributed by atoms with Crippen LogP contribution in [0.1, 0.15) is 32.4 Å². The summed E-state index contributed by atoms with van der Waals surface area (Å²) in [5.41, 5.74) is 0.852. The van der Waals surface area contributed by atoms with Crippen molar-refractivity contribution < 1.29 is 4.79 Å². The SMILES string of the molecule is CCc1ccc(C(=O)C(Cl)c2ccccc2)s1. The molecule has 88 valence electrons. The van der Waals surface area contributed by atoms with Gasteiger partial charge in [-0.15, -0.1) is 22.9 Å². The van der Waals surface area contributed by atoms with E-state index in [0.29, 0.717) is 0 Å². The van der Waals surface area contributed by atoms with Crippen LogP contribution in [-0.4, -0.2) is 5.78 Å². The van der Waals surface area contributed by atoms with Crippen LogP contribution >= 0.6 is 22.9 Å². The lowest BCUT2D eigenvalue weighted by Gasteiger charge is -2.06. The first-order chi connectivity index (χ1) is 8.22. The molecule has 0 amide bonds. The van der Waals surface area contributed by atoms with Crippen LogP contribution in [0.2, 0.25) is 0 Å². The number of benzene rings is 1. The van der Waals surface area contributed by atoms with Crippen molar-refractivity contribution in [2.75, 3.05) is 0 Å². The Morgan fingerprint density at radius 1 is 1.24 bits per heavy atom. The number of rotatable bonds is 4. The van der Waals surface area contributed by atoms with Crippen molar-refractivity contribution in [3.8, 4) is 0 Å². The van der Waals surface area contributed by atoms with Crippen LogP contribution in [-0.2, 0) is 6.42 Å². The van der Waals surface area contributed by atoms with E-state index in [0.717, 1.165) is 16.9 Å². The quantitative estimate of drug-likeness (QED) is 0.588. The zero-order valence-corrected chi connectivity index (χ0v) is 11.1. The van der Waals surface area contributed by atoms with Gasteiger partial charge >= 0.3 is 0 Å². The Bertz CT molecular complexity index is 504. The Hall–Kier alpha value is -1.12. The van der Waals surface area contributed by atoms with E-state index in [1.807, 2.05) is 42.5 Å². The van der Waals surface area contributed by atoms with E-state index in [1.165, 1.54) is 16.2 Å². The summed E-state index contributed by atoms with van der Waals surface area (Å²) in [5, 5.41) is -0.584. The number of ketones is 1. The topological polar surface area (TPSA) is 17.1 Å². The number of hydrogen-bond donors (Lipinski definition) is 0. The molecular formula is C14H13ClOS. The Morgan fingerprint density at radius 2 is 1.94 bits per heavy atom. The fourth-order valence-corrected chi connectivity index (χ4v) is 2.84. The van der Waals surface area contributed by atoms with Gasteiger partial charge in [-0.2, -0.15) is 0 Å². The number of aryl methyl sites for hydroxylation is 1. The maximum atomic E-state index is 12.2. The second-order valence-electron chi connectivity index (χ2n) is 3.76. The fourth-order valence-electron chi connectivity index (χ4n) is 1.60. The highest BCUT2D eigenvalue weighted by Crippen LogP contribution is 2.28. The van der Waals surface area contributed by atoms with Gasteiger partial charge in [-0.25, -0.2) is 0 Å². The van der Waals surface area contributed by atoms with Gasteiger partial charge in [-0.1, -0.05) is 37.3 Å². The van der Waals surface area contributed by atoms with Crippen LogP contribution in [0.4, 0.5) is 0 Å². The van der Waals surface area contributed by atoms with Crippen LogP contribution < -0.4 is 0 Å². The van der Waals surface area contributed by atoms with Crippen LogP contribution in [0.3, 0.4) is 0 Å². The Balaban J connectivity index is 2.20. The lowest BCUT2D eigenvalue weighted by Crippen LogP contribution is -2.05. The molecule has 0 aliphatic rings. The van der Waals surface area contributed by atoms with Crippen molar-refractivity contribution in [3.63, 3.8) is 0 Å². The highest BCUT2D eigenvalue weighted by atomic mass is 35.5. The smallest absolute Gasteiger partial charge is 0.195 e. The molecule has 0 bridgehead atoms. The fraction of sp³-hybridized carbons (Fsp3) is 0.214. The number of thiophene rings is 1. The third-order valence-electron chi connectivity index (χ3n) is 2.58. The molecular weight excluding hydrogens is 252 g/mol. The lowest BCUT2D eigenvalue weighted by molar-refractivity contribution is 0.0991. The van der Waals surface area contributed by atoms with Gasteiger partial charge in [-0.3, -0.25) is 4.79 Å². The molecule has 1 aromatic heterocycles. The molecule has 0 aliphatic heterocycles. The minimum absolute atomic E-state index is 0.0115. The number of carbonyl (C=O) groups is 1. The first-order valence-electron chi connectivity index (χ1n) is 5.54. The van der Waals surface area contributed by atoms with Gasteiger partial charge < -0.3 is 0 Å². The summed E-state index contributed by atoms with van der Waals surface area (Å²) < 4.78 is 0. The van der Waals surface area contributed by atoms with Crippen molar-refractivity contribution in [2.45, 2.75) is 18.7 Å². The molecule has 2 aromatic rings. The molecule has 1 aromatic carbocycles. The maximum Gasteiger partial charge on any atom is 0.195 e. The summed E-state index contributed by atoms with van der Waals surface area (Å²) in [6.07, 6.45) is 0.955. The van der Waals surface area contributed by atoms with Gasteiger partial charge in [0, 0.05) is 4.88 Å². The minimum Gasteiger partial charge on any atom is -0.291 e. The standard InChI is InChI=1S/C14H13ClOS/c1-2-11-8-9-12(17-11)14(16)13(15)10-6-4-3-5-7-10/h3-9,13H,2H2,1H3. The predicted octanol–water partition coefficient (Wildman–Crippen LogP) is 4.47. The zero-order chi connectivity index (χ0) is 12.3. The van der Waals surface area contributed by atoms with Crippen LogP contribution in [0.15, 0.2) is 42.5 Å². The number of halogens is 1. The number of alkyl halides is 1. The van der Waals surface area contributed by atoms with E-state index in [9.17, 15) is 4.79 Å². The van der Waals surface area contributed by atoms with Crippen molar-refractivity contribution in [2.24, 2.45) is 0 Å². The summed E-state index contributed by atoms with van der Waals surface area (Å²) in [4.78, 5) is 14.1. The van der Waals surface area contributed by atoms with Crippen LogP contribution in [0.5, 0.6) is 0 Å². The molecule has 2 rings (SSSR count). The molecule has 0 spiro atoms. The minimum atomic E-state index is -0.584. The van der Waals surface area contributed by atoms with Crippen LogP contribution in [0.25, 0.3) is 0 Å². The summed E-state index contributed by atoms with van der Waals surface area (Å²) in [5.74, 6) is -0.0115. The third kappa shape index (κ3) is 2.76. The Labute approximate surface area is 110 Å². The normalized spacial score (nSPS) is 12.4. The molecule has 0 aliphatic carbocycles. The number of Topliss-reactive ketones (excluding diaryl/α,β-unsaturated/α-hetero) is 1. The molecule has 1 nitrogen and oxygen atoms in total. The largest absolute Gasteiger partial charge is 0.291 e. The molecule has 0 saturated heterocycles. The van der Waals surface area contributed by atoms with Gasteiger partial charge in [-0.05, 0) is 24.1 Å². The van der Waals surface area contributed by atoms with Crippen molar-refractivity contribution >= 4 is 28.7 Å². The molecule has 17 heavy (non-hydrogen) atoms. The van der Waals surface area contributed by atoms with Crippen molar-refractivity contribution in [1.29, 1.82) is 0 Å². The van der Waals surface area contributed by atoms with Gasteiger partial charge in [0.1, 0.15) is 5.38 Å². The van der Waals surface area contributed by atoms with E-state index in [2.05, 4.69) is 6.92 Å². The summed E-state index contributed by atoms with van der Waals surface area (Å²) >= 11 is 7.73. The van der Waals surface area contributed by atoms with Gasteiger partial charge in [0.25, 0.3) is 0 Å². The number of hydrogen-bond acceptors (Lipinski definition) is 2. The molecule has 1 heterocycles. The summed E-state index contributed by atoms with van der Waals surface area (Å²) in [6, 6.07) is 13.3. The lowest BCUT2D eigenvalue weighted by atomic mass is 10.1. The Kier molecular flexibility index (Phi) is 3.97. The zero-order valence-electron chi connectivity index (χ0n) is 9.52. The first kappa shape index (κ1) is 12.3. The van der Waals surface area contributed by atoms with E-state index in [1.54, 1.807) is 0 Å². The Morgan fingerprint density at radius 3 is 2.53 bits per heavy atom. The van der Waals surface area contributed by atoms with Crippen molar-refractivity contribution in [1.82, 2.24) is 0 Å². The highest BCUT2D eigenvalue weighted by Gasteiger charge is 2.20. The average molecular weight is 265 g/mol. The molecule has 3 heteroatoms. The molecule has 1 unspecified atom stereocenters. The second kappa shape index (κ2) is 5.48. The maximum absolute atomic E-state index is 12.2. The average Bonchev–Trinajstić information content (AvgIpc) is 2.87.